The van der Waals surface area contributed by atoms with Crippen LogP contribution in [0.3, 0.4) is 0 Å². The summed E-state index contributed by atoms with van der Waals surface area (Å²) in [5.41, 5.74) is 1.03. The molecule has 0 saturated carbocycles. The first-order valence-electron chi connectivity index (χ1n) is 5.57. The molecule has 0 spiro atoms. The van der Waals surface area contributed by atoms with Crippen molar-refractivity contribution in [3.05, 3.63) is 16.2 Å². The van der Waals surface area contributed by atoms with E-state index in [0.29, 0.717) is 0 Å². The molecule has 1 saturated heterocycles. The highest BCUT2D eigenvalue weighted by Gasteiger charge is 2.19. The minimum absolute atomic E-state index is 1.03. The number of hydrogen-bond donors (Lipinski definition) is 0. The van der Waals surface area contributed by atoms with Gasteiger partial charge in [0.2, 0.25) is 0 Å². The smallest absolute Gasteiger partial charge is 0.150 e. The van der Waals surface area contributed by atoms with Gasteiger partial charge in [0.15, 0.2) is 0 Å². The fourth-order valence-corrected chi connectivity index (χ4v) is 3.66. The third-order valence-corrected chi connectivity index (χ3v) is 4.97. The fourth-order valence-electron chi connectivity index (χ4n) is 2.05. The molecule has 2 aromatic heterocycles. The van der Waals surface area contributed by atoms with Crippen LogP contribution in [0.4, 0.5) is 5.82 Å². The number of halogens is 1. The highest BCUT2D eigenvalue weighted by molar-refractivity contribution is 9.10. The van der Waals surface area contributed by atoms with Crippen molar-refractivity contribution < 1.29 is 0 Å². The van der Waals surface area contributed by atoms with E-state index in [2.05, 4.69) is 48.1 Å². The molecule has 0 aliphatic carbocycles. The van der Waals surface area contributed by atoms with E-state index in [9.17, 15) is 0 Å². The maximum atomic E-state index is 4.45. The van der Waals surface area contributed by atoms with E-state index in [1.807, 2.05) is 0 Å². The summed E-state index contributed by atoms with van der Waals surface area (Å²) in [5.74, 6) is 1.08. The maximum Gasteiger partial charge on any atom is 0.150 e. The molecular formula is C11H13BrN4S. The molecule has 4 nitrogen and oxygen atoms in total. The Morgan fingerprint density at radius 2 is 2.00 bits per heavy atom. The molecule has 0 amide bonds. The molecule has 1 fully saturated rings. The summed E-state index contributed by atoms with van der Waals surface area (Å²) in [5, 5.41) is 2.08. The summed E-state index contributed by atoms with van der Waals surface area (Å²) in [7, 11) is 2.16. The zero-order valence-electron chi connectivity index (χ0n) is 9.56. The Hall–Kier alpha value is -0.720. The molecule has 0 bridgehead atoms. The van der Waals surface area contributed by atoms with Crippen molar-refractivity contribution in [2.24, 2.45) is 0 Å². The summed E-state index contributed by atoms with van der Waals surface area (Å²) in [6, 6.07) is 0. The zero-order chi connectivity index (χ0) is 11.8. The van der Waals surface area contributed by atoms with E-state index in [1.165, 1.54) is 4.70 Å². The van der Waals surface area contributed by atoms with Gasteiger partial charge in [-0.05, 0) is 23.0 Å². The van der Waals surface area contributed by atoms with Gasteiger partial charge < -0.3 is 9.80 Å². The van der Waals surface area contributed by atoms with Gasteiger partial charge in [0.1, 0.15) is 17.7 Å². The van der Waals surface area contributed by atoms with Crippen LogP contribution in [0.5, 0.6) is 0 Å². The van der Waals surface area contributed by atoms with Crippen molar-refractivity contribution in [3.8, 4) is 0 Å². The monoisotopic (exact) mass is 312 g/mol. The largest absolute Gasteiger partial charge is 0.353 e. The Kier molecular flexibility index (Phi) is 3.02. The van der Waals surface area contributed by atoms with Crippen LogP contribution in [0, 0.1) is 0 Å². The molecule has 0 atom stereocenters. The number of hydrogen-bond acceptors (Lipinski definition) is 5. The zero-order valence-corrected chi connectivity index (χ0v) is 12.0. The SMILES string of the molecule is CN1CCN(c2ncnc3c(Br)csc23)CC1. The molecule has 2 aromatic rings. The van der Waals surface area contributed by atoms with Crippen molar-refractivity contribution in [1.82, 2.24) is 14.9 Å². The number of likely N-dealkylation sites (N-methyl/N-ethyl adjacent to an activating group) is 1. The van der Waals surface area contributed by atoms with Crippen LogP contribution in [0.1, 0.15) is 0 Å². The van der Waals surface area contributed by atoms with Crippen LogP contribution >= 0.6 is 27.3 Å². The lowest BCUT2D eigenvalue weighted by Crippen LogP contribution is -2.44. The number of aromatic nitrogens is 2. The van der Waals surface area contributed by atoms with Crippen molar-refractivity contribution in [2.45, 2.75) is 0 Å². The number of thiophene rings is 1. The molecule has 3 heterocycles. The Bertz CT molecular complexity index is 533. The van der Waals surface area contributed by atoms with Crippen LogP contribution in [-0.4, -0.2) is 48.1 Å². The summed E-state index contributed by atoms with van der Waals surface area (Å²) in [6.07, 6.45) is 1.66. The maximum absolute atomic E-state index is 4.45. The van der Waals surface area contributed by atoms with Crippen molar-refractivity contribution >= 4 is 43.3 Å². The van der Waals surface area contributed by atoms with Crippen molar-refractivity contribution in [2.75, 3.05) is 38.1 Å². The third kappa shape index (κ3) is 2.05. The van der Waals surface area contributed by atoms with Crippen LogP contribution in [0.2, 0.25) is 0 Å². The lowest BCUT2D eigenvalue weighted by atomic mass is 10.3. The van der Waals surface area contributed by atoms with E-state index in [1.54, 1.807) is 17.7 Å². The first-order valence-corrected chi connectivity index (χ1v) is 7.24. The quantitative estimate of drug-likeness (QED) is 0.808. The summed E-state index contributed by atoms with van der Waals surface area (Å²) in [6.45, 7) is 4.27. The Labute approximate surface area is 112 Å². The summed E-state index contributed by atoms with van der Waals surface area (Å²) in [4.78, 5) is 13.5. The number of fused-ring (bicyclic) bond motifs is 1. The number of piperazine rings is 1. The van der Waals surface area contributed by atoms with Gasteiger partial charge in [0, 0.05) is 31.6 Å². The van der Waals surface area contributed by atoms with Gasteiger partial charge in [-0.3, -0.25) is 0 Å². The average Bonchev–Trinajstić information content (AvgIpc) is 2.73. The normalized spacial score (nSPS) is 17.9. The molecule has 90 valence electrons. The predicted molar refractivity (Wildman–Crippen MR) is 74.8 cm³/mol. The Balaban J connectivity index is 2.00. The molecule has 1 aliphatic heterocycles. The van der Waals surface area contributed by atoms with Crippen molar-refractivity contribution in [1.29, 1.82) is 0 Å². The second-order valence-electron chi connectivity index (χ2n) is 4.25. The fraction of sp³-hybridized carbons (Fsp3) is 0.455. The molecule has 0 aromatic carbocycles. The molecule has 6 heteroatoms. The van der Waals surface area contributed by atoms with Gasteiger partial charge in [-0.2, -0.15) is 0 Å². The predicted octanol–water partition coefficient (Wildman–Crippen LogP) is 2.21. The first-order chi connectivity index (χ1) is 8.25. The van der Waals surface area contributed by atoms with Gasteiger partial charge in [-0.15, -0.1) is 11.3 Å². The molecule has 0 N–H and O–H groups in total. The van der Waals surface area contributed by atoms with Crippen LogP contribution in [0.25, 0.3) is 10.2 Å². The van der Waals surface area contributed by atoms with Gasteiger partial charge in [0.25, 0.3) is 0 Å². The molecule has 1 aliphatic rings. The number of rotatable bonds is 1. The molecule has 0 unspecified atom stereocenters. The van der Waals surface area contributed by atoms with Crippen molar-refractivity contribution in [3.63, 3.8) is 0 Å². The minimum Gasteiger partial charge on any atom is -0.353 e. The first kappa shape index (κ1) is 11.4. The summed E-state index contributed by atoms with van der Waals surface area (Å²) < 4.78 is 2.25. The second-order valence-corrected chi connectivity index (χ2v) is 5.98. The van der Waals surface area contributed by atoms with Gasteiger partial charge in [-0.25, -0.2) is 9.97 Å². The highest BCUT2D eigenvalue weighted by Crippen LogP contribution is 2.34. The summed E-state index contributed by atoms with van der Waals surface area (Å²) >= 11 is 5.24. The minimum atomic E-state index is 1.03. The van der Waals surface area contributed by atoms with Gasteiger partial charge in [0.05, 0.1) is 9.17 Å². The molecule has 17 heavy (non-hydrogen) atoms. The number of anilines is 1. The van der Waals surface area contributed by atoms with Crippen LogP contribution in [-0.2, 0) is 0 Å². The standard InChI is InChI=1S/C11H13BrN4S/c1-15-2-4-16(5-3-15)11-10-9(13-7-14-11)8(12)6-17-10/h6-7H,2-5H2,1H3. The lowest BCUT2D eigenvalue weighted by molar-refractivity contribution is 0.312. The van der Waals surface area contributed by atoms with Gasteiger partial charge in [-0.1, -0.05) is 0 Å². The Morgan fingerprint density at radius 3 is 2.76 bits per heavy atom. The highest BCUT2D eigenvalue weighted by atomic mass is 79.9. The molecular weight excluding hydrogens is 300 g/mol. The lowest BCUT2D eigenvalue weighted by Gasteiger charge is -2.33. The second kappa shape index (κ2) is 4.51. The van der Waals surface area contributed by atoms with E-state index in [-0.39, 0.29) is 0 Å². The topological polar surface area (TPSA) is 32.3 Å². The van der Waals surface area contributed by atoms with Crippen LogP contribution < -0.4 is 4.90 Å². The van der Waals surface area contributed by atoms with E-state index >= 15 is 0 Å². The van der Waals surface area contributed by atoms with E-state index < -0.39 is 0 Å². The third-order valence-electron chi connectivity index (χ3n) is 3.09. The average molecular weight is 313 g/mol. The number of nitrogens with zero attached hydrogens (tertiary/aromatic N) is 4. The Morgan fingerprint density at radius 1 is 1.24 bits per heavy atom. The van der Waals surface area contributed by atoms with Crippen LogP contribution in [0.15, 0.2) is 16.2 Å². The van der Waals surface area contributed by atoms with Gasteiger partial charge >= 0.3 is 0 Å². The van der Waals surface area contributed by atoms with E-state index in [0.717, 1.165) is 42.0 Å². The molecule has 3 rings (SSSR count). The molecule has 0 radical (unpaired) electrons. The van der Waals surface area contributed by atoms with E-state index in [4.69, 9.17) is 0 Å².